The van der Waals surface area contributed by atoms with Gasteiger partial charge in [-0.15, -0.1) is 24.8 Å². The number of hydrogen-bond donors (Lipinski definition) is 0. The van der Waals surface area contributed by atoms with Gasteiger partial charge in [-0.2, -0.15) is 0 Å². The zero-order valence-electron chi connectivity index (χ0n) is 3.32. The molecule has 56 valence electrons. The first-order chi connectivity index (χ1) is 0. The lowest BCUT2D eigenvalue weighted by atomic mass is 16.0. The largest absolute Gasteiger partial charge is 0.412 e. The van der Waals surface area contributed by atoms with E-state index < -0.39 is 0 Å². The maximum Gasteiger partial charge on any atom is -0.147 e. The van der Waals surface area contributed by atoms with Gasteiger partial charge in [0.2, 0.25) is 0 Å². The Kier molecular flexibility index (Phi) is 380000. The molecule has 0 unspecified atom stereocenters. The Morgan fingerprint density at radius 2 is 0.286 bits per heavy atom. The Labute approximate surface area is 53.1 Å². The van der Waals surface area contributed by atoms with Crippen molar-refractivity contribution in [3.8, 4) is 0 Å². The number of halogens is 2. The van der Waals surface area contributed by atoms with Crippen LogP contribution in [0.5, 0.6) is 0 Å². The highest BCUT2D eigenvalue weighted by atomic mass is 35.5. The van der Waals surface area contributed by atoms with Crippen molar-refractivity contribution >= 4 is 24.8 Å². The molecule has 10 N–H and O–H groups in total. The van der Waals surface area contributed by atoms with E-state index in [2.05, 4.69) is 0 Å². The second kappa shape index (κ2) is 1280. The summed E-state index contributed by atoms with van der Waals surface area (Å²) < 4.78 is 0. The Morgan fingerprint density at radius 1 is 0.286 bits per heavy atom. The third kappa shape index (κ3) is 848. The van der Waals surface area contributed by atoms with Crippen molar-refractivity contribution in [2.24, 2.45) is 0 Å². The molecule has 0 atom stereocenters. The third-order valence-corrected chi connectivity index (χ3v) is 0. The van der Waals surface area contributed by atoms with Gasteiger partial charge in [0.1, 0.15) is 0 Å². The molecule has 0 aromatic carbocycles. The standard InChI is InChI=1S/2ClH.5H2O/h2*1H;5*1H2. The lowest BCUT2D eigenvalue weighted by Crippen LogP contribution is -0.290. The van der Waals surface area contributed by atoms with Crippen LogP contribution in [0.2, 0.25) is 0 Å². The molecule has 7 heteroatoms. The zero-order valence-corrected chi connectivity index (χ0v) is 4.95. The molecule has 0 aromatic rings. The summed E-state index contributed by atoms with van der Waals surface area (Å²) in [5.74, 6) is 0. The van der Waals surface area contributed by atoms with Gasteiger partial charge >= 0.3 is 0 Å². The average molecular weight is 163 g/mol. The molecule has 0 aliphatic carbocycles. The summed E-state index contributed by atoms with van der Waals surface area (Å²) in [6.07, 6.45) is 0. The second-order valence-corrected chi connectivity index (χ2v) is 0. The van der Waals surface area contributed by atoms with Gasteiger partial charge in [0.25, 0.3) is 0 Å². The maximum atomic E-state index is 0. The van der Waals surface area contributed by atoms with Crippen LogP contribution in [-0.4, -0.2) is 27.4 Å². The molecular weight excluding hydrogens is 151 g/mol. The predicted octanol–water partition coefficient (Wildman–Crippen LogP) is -3.28. The van der Waals surface area contributed by atoms with Crippen molar-refractivity contribution in [3.05, 3.63) is 0 Å². The molecule has 0 bridgehead atoms. The summed E-state index contributed by atoms with van der Waals surface area (Å²) in [5.41, 5.74) is 0. The van der Waals surface area contributed by atoms with E-state index in [-0.39, 0.29) is 52.2 Å². The van der Waals surface area contributed by atoms with E-state index in [0.29, 0.717) is 0 Å². The molecule has 0 radical (unpaired) electrons. The van der Waals surface area contributed by atoms with Crippen LogP contribution in [0.25, 0.3) is 0 Å². The van der Waals surface area contributed by atoms with Crippen molar-refractivity contribution in [2.75, 3.05) is 0 Å². The molecule has 0 saturated carbocycles. The third-order valence-electron chi connectivity index (χ3n) is 0. The average Bonchev–Trinajstić information content (AvgIpc) is 0. The summed E-state index contributed by atoms with van der Waals surface area (Å²) in [7, 11) is 0. The minimum absolute atomic E-state index is 0. The first kappa shape index (κ1) is 2080. The van der Waals surface area contributed by atoms with Gasteiger partial charge < -0.3 is 27.4 Å². The van der Waals surface area contributed by atoms with Crippen molar-refractivity contribution in [1.29, 1.82) is 0 Å². The van der Waals surface area contributed by atoms with Gasteiger partial charge in [0.05, 0.1) is 0 Å². The summed E-state index contributed by atoms with van der Waals surface area (Å²) in [6, 6.07) is 0. The van der Waals surface area contributed by atoms with Crippen LogP contribution in [0.1, 0.15) is 0 Å². The highest BCUT2D eigenvalue weighted by Gasteiger charge is -0.146. The fourth-order valence-electron chi connectivity index (χ4n) is 0. The zero-order chi connectivity index (χ0) is 0. The summed E-state index contributed by atoms with van der Waals surface area (Å²) in [6.45, 7) is 0. The summed E-state index contributed by atoms with van der Waals surface area (Å²) in [5, 5.41) is 0. The van der Waals surface area contributed by atoms with E-state index in [1.165, 1.54) is 0 Å². The highest BCUT2D eigenvalue weighted by Crippen LogP contribution is 0.691. The van der Waals surface area contributed by atoms with E-state index in [1.54, 1.807) is 0 Å². The van der Waals surface area contributed by atoms with Gasteiger partial charge in [0.15, 0.2) is 0 Å². The first-order valence-corrected chi connectivity index (χ1v) is 0. The summed E-state index contributed by atoms with van der Waals surface area (Å²) in [4.78, 5) is 0. The van der Waals surface area contributed by atoms with E-state index in [9.17, 15) is 0 Å². The molecule has 0 rings (SSSR count). The molecule has 0 aromatic heterocycles. The van der Waals surface area contributed by atoms with E-state index in [1.807, 2.05) is 0 Å². The summed E-state index contributed by atoms with van der Waals surface area (Å²) >= 11 is 0. The molecule has 0 aliphatic heterocycles. The molecule has 7 heavy (non-hydrogen) atoms. The van der Waals surface area contributed by atoms with Gasteiger partial charge in [-0.05, 0) is 0 Å². The van der Waals surface area contributed by atoms with Crippen molar-refractivity contribution in [3.63, 3.8) is 0 Å². The molecule has 0 saturated heterocycles. The van der Waals surface area contributed by atoms with Gasteiger partial charge in [0, 0.05) is 0 Å². The van der Waals surface area contributed by atoms with Crippen molar-refractivity contribution in [2.45, 2.75) is 0 Å². The highest BCUT2D eigenvalue weighted by molar-refractivity contribution is 5.85. The van der Waals surface area contributed by atoms with Crippen LogP contribution in [0, 0.1) is 0 Å². The van der Waals surface area contributed by atoms with Crippen molar-refractivity contribution < 1.29 is 27.4 Å². The Balaban J connectivity index is 0. The Bertz CT molecular complexity index is 6.04. The second-order valence-electron chi connectivity index (χ2n) is 0. The Hall–Kier alpha value is 0.380. The molecule has 5 nitrogen and oxygen atoms in total. The topological polar surface area (TPSA) is 158 Å². The van der Waals surface area contributed by atoms with Crippen LogP contribution < -0.4 is 0 Å². The Morgan fingerprint density at radius 3 is 0.286 bits per heavy atom. The molecular formula is H12Cl2O5. The molecule has 0 spiro atoms. The van der Waals surface area contributed by atoms with Crippen LogP contribution in [0.15, 0.2) is 0 Å². The lowest BCUT2D eigenvalue weighted by Gasteiger charge is -0.413. The van der Waals surface area contributed by atoms with E-state index in [0.717, 1.165) is 0 Å². The van der Waals surface area contributed by atoms with Crippen LogP contribution in [-0.2, 0) is 0 Å². The van der Waals surface area contributed by atoms with Gasteiger partial charge in [-0.25, -0.2) is 0 Å². The molecule has 0 fully saturated rings. The van der Waals surface area contributed by atoms with Gasteiger partial charge in [-0.3, -0.25) is 0 Å². The maximum absolute atomic E-state index is 0. The lowest BCUT2D eigenvalue weighted by molar-refractivity contribution is 0.823. The smallest absolute Gasteiger partial charge is 0.147 e. The predicted molar refractivity (Wildman–Crippen MR) is 32.6 cm³/mol. The quantitative estimate of drug-likeness (QED) is 0.350. The number of hydrogen-bond acceptors (Lipinski definition) is 0. The molecule has 0 heterocycles. The minimum atomic E-state index is 0. The minimum Gasteiger partial charge on any atom is -0.412 e. The van der Waals surface area contributed by atoms with Crippen LogP contribution in [0.3, 0.4) is 0 Å². The molecule has 0 amide bonds. The SMILES string of the molecule is Cl.Cl.O.O.O.O.O. The van der Waals surface area contributed by atoms with Crippen LogP contribution >= 0.6 is 24.8 Å². The van der Waals surface area contributed by atoms with Crippen LogP contribution in [0.4, 0.5) is 0 Å². The fraction of sp³-hybridized carbons (Fsp3) is 0. The normalized spacial score (nSPS) is 0. The van der Waals surface area contributed by atoms with E-state index >= 15 is 0 Å². The number of rotatable bonds is 0. The first-order valence-electron chi connectivity index (χ1n) is 0. The van der Waals surface area contributed by atoms with Gasteiger partial charge in [-0.1, -0.05) is 0 Å². The van der Waals surface area contributed by atoms with Crippen molar-refractivity contribution in [1.82, 2.24) is 0 Å². The molecule has 0 aliphatic rings. The monoisotopic (exact) mass is 162 g/mol. The fourth-order valence-corrected chi connectivity index (χ4v) is 0. The van der Waals surface area contributed by atoms with E-state index in [4.69, 9.17) is 0 Å².